The fraction of sp³-hybridized carbons (Fsp3) is 0.625. The van der Waals surface area contributed by atoms with Crippen LogP contribution in [-0.2, 0) is 23.9 Å². The Kier molecular flexibility index (Phi) is 5.37. The Balaban J connectivity index is 1.69. The first-order valence-corrected chi connectivity index (χ1v) is 10.9. The van der Waals surface area contributed by atoms with Crippen molar-refractivity contribution in [1.29, 1.82) is 0 Å². The molecule has 6 heteroatoms. The van der Waals surface area contributed by atoms with Gasteiger partial charge in [0.05, 0.1) is 0 Å². The Morgan fingerprint density at radius 1 is 0.933 bits per heavy atom. The maximum atomic E-state index is 11.8. The van der Waals surface area contributed by atoms with Crippen LogP contribution in [0, 0.1) is 17.3 Å². The summed E-state index contributed by atoms with van der Waals surface area (Å²) in [5.74, 6) is 0.726. The zero-order chi connectivity index (χ0) is 21.6. The molecular formula is C24H30O6. The van der Waals surface area contributed by atoms with Crippen LogP contribution in [0.2, 0.25) is 0 Å². The molecule has 0 radical (unpaired) electrons. The standard InChI is InChI=1S/C24H30O6/c1-13(25)28-16-5-6-17-18-9-10-24(4)21(7-8-23(24)30-15(3)27)19(18)12-22(20(17)11-16)29-14(2)26/h5-6,11,18-19,21-23H,7-10,12H2,1-4H3/t18-,19-,21+,22+,23+,24+/m1/s1. The Hall–Kier alpha value is -2.37. The largest absolute Gasteiger partial charge is 0.462 e. The summed E-state index contributed by atoms with van der Waals surface area (Å²) >= 11 is 0. The minimum absolute atomic E-state index is 0.0389. The lowest BCUT2D eigenvalue weighted by Gasteiger charge is -2.51. The van der Waals surface area contributed by atoms with Crippen molar-refractivity contribution >= 4 is 17.9 Å². The van der Waals surface area contributed by atoms with E-state index in [1.54, 1.807) is 0 Å². The van der Waals surface area contributed by atoms with Gasteiger partial charge in [-0.3, -0.25) is 14.4 Å². The van der Waals surface area contributed by atoms with Gasteiger partial charge in [-0.2, -0.15) is 0 Å². The third-order valence-corrected chi connectivity index (χ3v) is 7.52. The number of benzene rings is 1. The van der Waals surface area contributed by atoms with Crippen molar-refractivity contribution in [2.75, 3.05) is 0 Å². The Labute approximate surface area is 177 Å². The fourth-order valence-electron chi connectivity index (χ4n) is 6.43. The molecule has 3 aliphatic carbocycles. The summed E-state index contributed by atoms with van der Waals surface area (Å²) in [6.45, 7) is 6.55. The average Bonchev–Trinajstić information content (AvgIpc) is 2.97. The summed E-state index contributed by atoms with van der Waals surface area (Å²) in [5.41, 5.74) is 2.10. The first-order chi connectivity index (χ1) is 14.2. The van der Waals surface area contributed by atoms with Crippen LogP contribution in [0.3, 0.4) is 0 Å². The first-order valence-electron chi connectivity index (χ1n) is 10.9. The number of esters is 3. The van der Waals surface area contributed by atoms with Gasteiger partial charge in [0.1, 0.15) is 18.0 Å². The zero-order valence-electron chi connectivity index (χ0n) is 18.1. The summed E-state index contributed by atoms with van der Waals surface area (Å²) in [4.78, 5) is 34.9. The van der Waals surface area contributed by atoms with Crippen molar-refractivity contribution in [2.24, 2.45) is 17.3 Å². The molecule has 2 fully saturated rings. The number of fused-ring (bicyclic) bond motifs is 5. The molecule has 4 rings (SSSR count). The molecule has 0 aliphatic heterocycles. The van der Waals surface area contributed by atoms with Gasteiger partial charge in [0.2, 0.25) is 0 Å². The summed E-state index contributed by atoms with van der Waals surface area (Å²) in [5, 5.41) is 0. The van der Waals surface area contributed by atoms with Crippen LogP contribution in [0.15, 0.2) is 18.2 Å². The van der Waals surface area contributed by atoms with Crippen molar-refractivity contribution in [1.82, 2.24) is 0 Å². The van der Waals surface area contributed by atoms with Crippen LogP contribution in [-0.4, -0.2) is 24.0 Å². The van der Waals surface area contributed by atoms with Gasteiger partial charge in [0, 0.05) is 26.2 Å². The highest BCUT2D eigenvalue weighted by molar-refractivity contribution is 5.70. The van der Waals surface area contributed by atoms with Crippen molar-refractivity contribution < 1.29 is 28.6 Å². The predicted molar refractivity (Wildman–Crippen MR) is 109 cm³/mol. The lowest BCUT2D eigenvalue weighted by molar-refractivity contribution is -0.157. The molecule has 3 aliphatic rings. The molecule has 30 heavy (non-hydrogen) atoms. The second-order valence-electron chi connectivity index (χ2n) is 9.31. The van der Waals surface area contributed by atoms with Gasteiger partial charge < -0.3 is 14.2 Å². The van der Waals surface area contributed by atoms with E-state index in [1.165, 1.54) is 26.3 Å². The Morgan fingerprint density at radius 2 is 1.67 bits per heavy atom. The third kappa shape index (κ3) is 3.61. The number of ether oxygens (including phenoxy) is 3. The van der Waals surface area contributed by atoms with Gasteiger partial charge in [-0.25, -0.2) is 0 Å². The molecule has 2 saturated carbocycles. The summed E-state index contributed by atoms with van der Waals surface area (Å²) < 4.78 is 16.7. The topological polar surface area (TPSA) is 78.9 Å². The fourth-order valence-corrected chi connectivity index (χ4v) is 6.43. The number of hydrogen-bond donors (Lipinski definition) is 0. The molecule has 162 valence electrons. The van der Waals surface area contributed by atoms with Gasteiger partial charge in [-0.1, -0.05) is 13.0 Å². The van der Waals surface area contributed by atoms with E-state index in [9.17, 15) is 14.4 Å². The molecule has 0 bridgehead atoms. The van der Waals surface area contributed by atoms with Crippen LogP contribution in [0.25, 0.3) is 0 Å². The SMILES string of the molecule is CC(=O)Oc1ccc2c(c1)[C@@H](OC(C)=O)C[C@@H]1[C@@H]2CC[C@]2(C)[C@@H](OC(C)=O)CC[C@@H]12. The molecule has 0 heterocycles. The zero-order valence-corrected chi connectivity index (χ0v) is 18.1. The quantitative estimate of drug-likeness (QED) is 0.537. The van der Waals surface area contributed by atoms with Gasteiger partial charge in [0.15, 0.2) is 0 Å². The smallest absolute Gasteiger partial charge is 0.308 e. The van der Waals surface area contributed by atoms with Gasteiger partial charge in [-0.05, 0) is 73.1 Å². The van der Waals surface area contributed by atoms with Crippen LogP contribution in [0.4, 0.5) is 0 Å². The summed E-state index contributed by atoms with van der Waals surface area (Å²) in [7, 11) is 0. The van der Waals surface area contributed by atoms with Gasteiger partial charge in [-0.15, -0.1) is 0 Å². The monoisotopic (exact) mass is 414 g/mol. The van der Waals surface area contributed by atoms with E-state index >= 15 is 0 Å². The molecule has 6 nitrogen and oxygen atoms in total. The molecule has 0 amide bonds. The molecular weight excluding hydrogens is 384 g/mol. The van der Waals surface area contributed by atoms with Crippen LogP contribution >= 0.6 is 0 Å². The number of carbonyl (C=O) groups is 3. The van der Waals surface area contributed by atoms with Crippen molar-refractivity contribution in [2.45, 2.75) is 77.9 Å². The van der Waals surface area contributed by atoms with E-state index < -0.39 is 0 Å². The molecule has 1 aromatic carbocycles. The molecule has 1 aromatic rings. The Bertz CT molecular complexity index is 876. The van der Waals surface area contributed by atoms with Crippen LogP contribution in [0.5, 0.6) is 5.75 Å². The van der Waals surface area contributed by atoms with E-state index in [0.717, 1.165) is 37.7 Å². The highest BCUT2D eigenvalue weighted by Gasteiger charge is 2.57. The van der Waals surface area contributed by atoms with E-state index in [4.69, 9.17) is 14.2 Å². The molecule has 0 aromatic heterocycles. The minimum Gasteiger partial charge on any atom is -0.462 e. The van der Waals surface area contributed by atoms with E-state index in [0.29, 0.717) is 23.5 Å². The van der Waals surface area contributed by atoms with Gasteiger partial charge >= 0.3 is 17.9 Å². The van der Waals surface area contributed by atoms with Crippen molar-refractivity contribution in [3.05, 3.63) is 29.3 Å². The summed E-state index contributed by atoms with van der Waals surface area (Å²) in [6.07, 6.45) is 4.25. The molecule has 0 N–H and O–H groups in total. The van der Waals surface area contributed by atoms with E-state index in [1.807, 2.05) is 18.2 Å². The molecule has 0 spiro atoms. The molecule has 0 unspecified atom stereocenters. The second-order valence-corrected chi connectivity index (χ2v) is 9.31. The second kappa shape index (κ2) is 7.71. The minimum atomic E-state index is -0.372. The van der Waals surface area contributed by atoms with Gasteiger partial charge in [0.25, 0.3) is 0 Å². The number of rotatable bonds is 3. The Morgan fingerprint density at radius 3 is 2.33 bits per heavy atom. The number of hydrogen-bond acceptors (Lipinski definition) is 6. The summed E-state index contributed by atoms with van der Waals surface area (Å²) in [6, 6.07) is 5.71. The van der Waals surface area contributed by atoms with Crippen molar-refractivity contribution in [3.8, 4) is 5.75 Å². The first kappa shape index (κ1) is 20.9. The van der Waals surface area contributed by atoms with E-state index in [-0.39, 0.29) is 35.5 Å². The highest BCUT2D eigenvalue weighted by atomic mass is 16.5. The normalized spacial score (nSPS) is 34.2. The molecule has 6 atom stereocenters. The van der Waals surface area contributed by atoms with Crippen LogP contribution in [0.1, 0.15) is 82.9 Å². The predicted octanol–water partition coefficient (Wildman–Crippen LogP) is 4.46. The average molecular weight is 414 g/mol. The third-order valence-electron chi connectivity index (χ3n) is 7.52. The highest BCUT2D eigenvalue weighted by Crippen LogP contribution is 2.63. The van der Waals surface area contributed by atoms with Crippen LogP contribution < -0.4 is 4.74 Å². The van der Waals surface area contributed by atoms with E-state index in [2.05, 4.69) is 6.92 Å². The lowest BCUT2D eigenvalue weighted by Crippen LogP contribution is -2.45. The number of carbonyl (C=O) groups excluding carboxylic acids is 3. The molecule has 0 saturated heterocycles. The lowest BCUT2D eigenvalue weighted by atomic mass is 9.55. The maximum Gasteiger partial charge on any atom is 0.308 e. The van der Waals surface area contributed by atoms with Crippen molar-refractivity contribution in [3.63, 3.8) is 0 Å². The maximum absolute atomic E-state index is 11.8.